The van der Waals surface area contributed by atoms with Gasteiger partial charge < -0.3 is 9.64 Å². The molecule has 3 aromatic rings. The number of aromatic nitrogens is 1. The van der Waals surface area contributed by atoms with E-state index in [0.29, 0.717) is 11.7 Å². The molecule has 1 amide bonds. The number of amides is 1. The fourth-order valence-corrected chi connectivity index (χ4v) is 3.59. The predicted octanol–water partition coefficient (Wildman–Crippen LogP) is 4.10. The lowest BCUT2D eigenvalue weighted by Gasteiger charge is -2.16. The highest BCUT2D eigenvalue weighted by atomic mass is 32.1. The third kappa shape index (κ3) is 3.56. The van der Waals surface area contributed by atoms with Crippen LogP contribution in [0.25, 0.3) is 11.1 Å². The van der Waals surface area contributed by atoms with Gasteiger partial charge in [-0.1, -0.05) is 53.8 Å². The molecule has 0 N–H and O–H groups in total. The highest BCUT2D eigenvalue weighted by Crippen LogP contribution is 2.23. The summed E-state index contributed by atoms with van der Waals surface area (Å²) in [4.78, 5) is 18.7. The topological polar surface area (TPSA) is 42.4 Å². The molecule has 1 saturated heterocycles. The Bertz CT molecular complexity index is 832. The van der Waals surface area contributed by atoms with Crippen molar-refractivity contribution < 1.29 is 9.53 Å². The van der Waals surface area contributed by atoms with Gasteiger partial charge in [-0.2, -0.15) is 0 Å². The van der Waals surface area contributed by atoms with Gasteiger partial charge in [-0.15, -0.1) is 0 Å². The Morgan fingerprint density at radius 2 is 1.84 bits per heavy atom. The molecule has 2 heterocycles. The second-order valence-corrected chi connectivity index (χ2v) is 6.88. The van der Waals surface area contributed by atoms with E-state index < -0.39 is 0 Å². The molecular formula is C20H18N2O2S. The average Bonchev–Trinajstić information content (AvgIpc) is 3.35. The number of rotatable bonds is 4. The van der Waals surface area contributed by atoms with Crippen LogP contribution in [0.1, 0.15) is 16.8 Å². The van der Waals surface area contributed by atoms with Crippen LogP contribution in [0.3, 0.4) is 0 Å². The molecule has 25 heavy (non-hydrogen) atoms. The van der Waals surface area contributed by atoms with E-state index in [1.807, 2.05) is 52.7 Å². The molecule has 1 unspecified atom stereocenters. The van der Waals surface area contributed by atoms with Gasteiger partial charge in [0, 0.05) is 30.1 Å². The summed E-state index contributed by atoms with van der Waals surface area (Å²) < 4.78 is 5.82. The largest absolute Gasteiger partial charge is 0.465 e. The van der Waals surface area contributed by atoms with Gasteiger partial charge in [0.05, 0.1) is 6.54 Å². The number of hydrogen-bond donors (Lipinski definition) is 0. The molecular weight excluding hydrogens is 332 g/mol. The van der Waals surface area contributed by atoms with Gasteiger partial charge in [-0.25, -0.2) is 4.98 Å². The Balaban J connectivity index is 1.41. The number of hydrogen-bond acceptors (Lipinski definition) is 4. The third-order valence-corrected chi connectivity index (χ3v) is 5.01. The summed E-state index contributed by atoms with van der Waals surface area (Å²) in [6.45, 7) is 1.33. The minimum atomic E-state index is 0.0266. The first-order valence-corrected chi connectivity index (χ1v) is 9.18. The van der Waals surface area contributed by atoms with Crippen molar-refractivity contribution in [2.45, 2.75) is 12.5 Å². The van der Waals surface area contributed by atoms with Crippen molar-refractivity contribution in [1.82, 2.24) is 9.88 Å². The van der Waals surface area contributed by atoms with Gasteiger partial charge >= 0.3 is 0 Å². The Morgan fingerprint density at radius 1 is 1.08 bits per heavy atom. The molecule has 4 rings (SSSR count). The van der Waals surface area contributed by atoms with E-state index in [0.717, 1.165) is 29.7 Å². The van der Waals surface area contributed by atoms with Gasteiger partial charge in [0.2, 0.25) is 0 Å². The van der Waals surface area contributed by atoms with Crippen LogP contribution in [0.2, 0.25) is 0 Å². The lowest BCUT2D eigenvalue weighted by Crippen LogP contribution is -2.30. The molecule has 1 aliphatic rings. The fraction of sp³-hybridized carbons (Fsp3) is 0.200. The van der Waals surface area contributed by atoms with Crippen molar-refractivity contribution in [3.8, 4) is 16.3 Å². The fourth-order valence-electron chi connectivity index (χ4n) is 3.04. The van der Waals surface area contributed by atoms with E-state index in [1.165, 1.54) is 11.3 Å². The zero-order valence-corrected chi connectivity index (χ0v) is 14.5. The van der Waals surface area contributed by atoms with Crippen LogP contribution in [0.4, 0.5) is 0 Å². The monoisotopic (exact) mass is 350 g/mol. The first-order valence-electron chi connectivity index (χ1n) is 8.30. The second-order valence-electron chi connectivity index (χ2n) is 6.02. The van der Waals surface area contributed by atoms with E-state index in [-0.39, 0.29) is 12.0 Å². The lowest BCUT2D eigenvalue weighted by molar-refractivity contribution is 0.0772. The van der Waals surface area contributed by atoms with Gasteiger partial charge in [-0.3, -0.25) is 4.79 Å². The van der Waals surface area contributed by atoms with Crippen LogP contribution in [-0.4, -0.2) is 35.0 Å². The highest BCUT2D eigenvalue weighted by Gasteiger charge is 2.28. The summed E-state index contributed by atoms with van der Waals surface area (Å²) in [6, 6.07) is 18.0. The summed E-state index contributed by atoms with van der Waals surface area (Å²) in [7, 11) is 0. The molecule has 5 heteroatoms. The van der Waals surface area contributed by atoms with Gasteiger partial charge in [0.25, 0.3) is 11.1 Å². The maximum Gasteiger partial charge on any atom is 0.273 e. The summed E-state index contributed by atoms with van der Waals surface area (Å²) >= 11 is 1.48. The summed E-state index contributed by atoms with van der Waals surface area (Å²) in [5, 5.41) is 2.56. The standard InChI is InChI=1S/C20H18N2O2S/c23-19(22-12-10-18(14-22)24-20-21-11-13-25-20)17-8-6-16(7-9-17)15-4-2-1-3-5-15/h1-9,11,13,18H,10,12,14H2. The number of likely N-dealkylation sites (tertiary alicyclic amines) is 1. The average molecular weight is 350 g/mol. The van der Waals surface area contributed by atoms with Crippen LogP contribution in [-0.2, 0) is 0 Å². The predicted molar refractivity (Wildman–Crippen MR) is 98.9 cm³/mol. The minimum Gasteiger partial charge on any atom is -0.465 e. The zero-order valence-electron chi connectivity index (χ0n) is 13.7. The molecule has 0 radical (unpaired) electrons. The smallest absolute Gasteiger partial charge is 0.273 e. The van der Waals surface area contributed by atoms with Crippen LogP contribution in [0.5, 0.6) is 5.19 Å². The van der Waals surface area contributed by atoms with Crippen molar-refractivity contribution in [2.75, 3.05) is 13.1 Å². The maximum atomic E-state index is 12.7. The summed E-state index contributed by atoms with van der Waals surface area (Å²) in [5.41, 5.74) is 2.98. The van der Waals surface area contributed by atoms with Crippen LogP contribution in [0.15, 0.2) is 66.2 Å². The normalized spacial score (nSPS) is 16.8. The molecule has 0 spiro atoms. The van der Waals surface area contributed by atoms with Gasteiger partial charge in [0.1, 0.15) is 6.10 Å². The van der Waals surface area contributed by atoms with Crippen molar-refractivity contribution >= 4 is 17.2 Å². The summed E-state index contributed by atoms with van der Waals surface area (Å²) in [6.07, 6.45) is 2.60. The lowest BCUT2D eigenvalue weighted by atomic mass is 10.0. The minimum absolute atomic E-state index is 0.0266. The molecule has 2 aromatic carbocycles. The first kappa shape index (κ1) is 15.8. The van der Waals surface area contributed by atoms with E-state index in [9.17, 15) is 4.79 Å². The number of thiazole rings is 1. The molecule has 1 fully saturated rings. The number of carbonyl (C=O) groups is 1. The van der Waals surface area contributed by atoms with Crippen molar-refractivity contribution in [2.24, 2.45) is 0 Å². The van der Waals surface area contributed by atoms with Gasteiger partial charge in [-0.05, 0) is 23.3 Å². The molecule has 0 aliphatic carbocycles. The number of nitrogens with zero attached hydrogens (tertiary/aromatic N) is 2. The van der Waals surface area contributed by atoms with Crippen LogP contribution < -0.4 is 4.74 Å². The maximum absolute atomic E-state index is 12.7. The van der Waals surface area contributed by atoms with E-state index in [4.69, 9.17) is 4.74 Å². The molecule has 0 bridgehead atoms. The Kier molecular flexibility index (Phi) is 4.48. The van der Waals surface area contributed by atoms with Crippen molar-refractivity contribution in [3.63, 3.8) is 0 Å². The van der Waals surface area contributed by atoms with Crippen LogP contribution >= 0.6 is 11.3 Å². The molecule has 1 atom stereocenters. The van der Waals surface area contributed by atoms with Crippen molar-refractivity contribution in [1.29, 1.82) is 0 Å². The van der Waals surface area contributed by atoms with Crippen molar-refractivity contribution in [3.05, 3.63) is 71.7 Å². The Labute approximate surface area is 150 Å². The first-order chi connectivity index (χ1) is 12.3. The molecule has 1 aromatic heterocycles. The number of benzene rings is 2. The molecule has 0 saturated carbocycles. The highest BCUT2D eigenvalue weighted by molar-refractivity contribution is 7.11. The SMILES string of the molecule is O=C(c1ccc(-c2ccccc2)cc1)N1CCC(Oc2nccs2)C1. The van der Waals surface area contributed by atoms with Crippen LogP contribution in [0, 0.1) is 0 Å². The van der Waals surface area contributed by atoms with Gasteiger partial charge in [0.15, 0.2) is 0 Å². The zero-order chi connectivity index (χ0) is 17.1. The number of carbonyl (C=O) groups excluding carboxylic acids is 1. The van der Waals surface area contributed by atoms with E-state index in [1.54, 1.807) is 6.20 Å². The number of ether oxygens (including phenoxy) is 1. The second kappa shape index (κ2) is 7.07. The van der Waals surface area contributed by atoms with E-state index >= 15 is 0 Å². The Hall–Kier alpha value is -2.66. The Morgan fingerprint density at radius 3 is 2.56 bits per heavy atom. The molecule has 126 valence electrons. The van der Waals surface area contributed by atoms with E-state index in [2.05, 4.69) is 17.1 Å². The molecule has 1 aliphatic heterocycles. The third-order valence-electron chi connectivity index (χ3n) is 4.35. The summed E-state index contributed by atoms with van der Waals surface area (Å²) in [5.74, 6) is 0.0600. The molecule has 4 nitrogen and oxygen atoms in total. The quantitative estimate of drug-likeness (QED) is 0.711.